The van der Waals surface area contributed by atoms with Gasteiger partial charge >= 0.3 is 5.97 Å². The van der Waals surface area contributed by atoms with Gasteiger partial charge in [0, 0.05) is 11.1 Å². The first-order valence-electron chi connectivity index (χ1n) is 8.48. The van der Waals surface area contributed by atoms with Gasteiger partial charge in [-0.25, -0.2) is 4.98 Å². The number of aromatic nitrogens is 1. The molecule has 1 N–H and O–H groups in total. The molecule has 0 aliphatic heterocycles. The van der Waals surface area contributed by atoms with Crippen LogP contribution in [0.2, 0.25) is 0 Å². The molecule has 5 heteroatoms. The van der Waals surface area contributed by atoms with Gasteiger partial charge in [0.05, 0.1) is 6.42 Å². The summed E-state index contributed by atoms with van der Waals surface area (Å²) in [4.78, 5) is 15.8. The fourth-order valence-electron chi connectivity index (χ4n) is 2.93. The predicted octanol–water partition coefficient (Wildman–Crippen LogP) is 5.02. The molecule has 134 valence electrons. The van der Waals surface area contributed by atoms with Crippen LogP contribution in [0.1, 0.15) is 28.0 Å². The zero-order valence-corrected chi connectivity index (χ0v) is 15.7. The van der Waals surface area contributed by atoms with Crippen LogP contribution in [0.4, 0.5) is 0 Å². The molecule has 3 aromatic rings. The van der Waals surface area contributed by atoms with E-state index in [9.17, 15) is 4.79 Å². The van der Waals surface area contributed by atoms with Gasteiger partial charge in [-0.3, -0.25) is 4.79 Å². The van der Waals surface area contributed by atoms with Gasteiger partial charge in [-0.15, -0.1) is 0 Å². The number of carboxylic acid groups (broad SMARTS) is 1. The van der Waals surface area contributed by atoms with Crippen molar-refractivity contribution in [3.8, 4) is 16.3 Å². The third kappa shape index (κ3) is 4.49. The Bertz CT molecular complexity index is 897. The second-order valence-corrected chi connectivity index (χ2v) is 7.32. The van der Waals surface area contributed by atoms with E-state index in [0.717, 1.165) is 10.4 Å². The molecule has 4 nitrogen and oxygen atoms in total. The molecular weight excluding hydrogens is 346 g/mol. The van der Waals surface area contributed by atoms with Crippen LogP contribution in [0.3, 0.4) is 0 Å². The van der Waals surface area contributed by atoms with E-state index >= 15 is 0 Å². The number of thiazole rings is 1. The van der Waals surface area contributed by atoms with Gasteiger partial charge in [-0.2, -0.15) is 0 Å². The van der Waals surface area contributed by atoms with Gasteiger partial charge in [-0.05, 0) is 54.2 Å². The summed E-state index contributed by atoms with van der Waals surface area (Å²) in [5, 5.41) is 9.32. The van der Waals surface area contributed by atoms with E-state index < -0.39 is 5.97 Å². The van der Waals surface area contributed by atoms with Crippen LogP contribution in [0.15, 0.2) is 48.7 Å². The lowest BCUT2D eigenvalue weighted by atomic mass is 9.95. The SMILES string of the molecule is Cc1cccc(C)c1-c1cccc(COc2ncc(CCC(=O)O)s2)c1. The molecule has 0 unspecified atom stereocenters. The van der Waals surface area contributed by atoms with E-state index in [1.165, 1.54) is 33.6 Å². The number of ether oxygens (including phenoxy) is 1. The van der Waals surface area contributed by atoms with Gasteiger partial charge in [0.15, 0.2) is 0 Å². The Labute approximate surface area is 157 Å². The molecule has 0 saturated carbocycles. The van der Waals surface area contributed by atoms with Gasteiger partial charge in [0.25, 0.3) is 5.19 Å². The Morgan fingerprint density at radius 1 is 1.15 bits per heavy atom. The summed E-state index contributed by atoms with van der Waals surface area (Å²) in [5.74, 6) is -0.802. The molecule has 1 aromatic heterocycles. The van der Waals surface area contributed by atoms with Crippen LogP contribution in [0, 0.1) is 13.8 Å². The maximum atomic E-state index is 10.6. The molecule has 0 saturated heterocycles. The van der Waals surface area contributed by atoms with E-state index in [0.29, 0.717) is 18.2 Å². The van der Waals surface area contributed by atoms with Crippen molar-refractivity contribution in [1.82, 2.24) is 4.98 Å². The number of hydrogen-bond donors (Lipinski definition) is 1. The normalized spacial score (nSPS) is 10.7. The van der Waals surface area contributed by atoms with E-state index in [-0.39, 0.29) is 6.42 Å². The van der Waals surface area contributed by atoms with E-state index in [1.807, 2.05) is 12.1 Å². The van der Waals surface area contributed by atoms with Gasteiger partial charge in [0.2, 0.25) is 0 Å². The summed E-state index contributed by atoms with van der Waals surface area (Å²) < 4.78 is 5.79. The monoisotopic (exact) mass is 367 g/mol. The van der Waals surface area contributed by atoms with E-state index in [1.54, 1.807) is 6.20 Å². The van der Waals surface area contributed by atoms with Crippen molar-refractivity contribution in [1.29, 1.82) is 0 Å². The molecule has 0 spiro atoms. The number of aliphatic carboxylic acids is 1. The first kappa shape index (κ1) is 18.1. The zero-order valence-electron chi connectivity index (χ0n) is 14.9. The summed E-state index contributed by atoms with van der Waals surface area (Å²) in [7, 11) is 0. The number of rotatable bonds is 7. The Morgan fingerprint density at radius 2 is 1.88 bits per heavy atom. The third-order valence-electron chi connectivity index (χ3n) is 4.18. The molecule has 26 heavy (non-hydrogen) atoms. The molecule has 0 amide bonds. The number of aryl methyl sites for hydroxylation is 3. The summed E-state index contributed by atoms with van der Waals surface area (Å²) in [6.45, 7) is 4.68. The minimum Gasteiger partial charge on any atom is -0.481 e. The van der Waals surface area contributed by atoms with Crippen molar-refractivity contribution < 1.29 is 14.6 Å². The Balaban J connectivity index is 1.69. The van der Waals surface area contributed by atoms with Crippen LogP contribution < -0.4 is 4.74 Å². The number of nitrogens with zero attached hydrogens (tertiary/aromatic N) is 1. The largest absolute Gasteiger partial charge is 0.481 e. The van der Waals surface area contributed by atoms with Crippen molar-refractivity contribution in [2.75, 3.05) is 0 Å². The first-order valence-corrected chi connectivity index (χ1v) is 9.29. The minimum absolute atomic E-state index is 0.111. The maximum absolute atomic E-state index is 10.6. The van der Waals surface area contributed by atoms with Crippen molar-refractivity contribution in [2.45, 2.75) is 33.3 Å². The highest BCUT2D eigenvalue weighted by Crippen LogP contribution is 2.28. The summed E-state index contributed by atoms with van der Waals surface area (Å²) in [6, 6.07) is 14.7. The average molecular weight is 367 g/mol. The molecule has 3 rings (SSSR count). The molecule has 1 heterocycles. The van der Waals surface area contributed by atoms with Crippen LogP contribution in [-0.2, 0) is 17.8 Å². The molecule has 0 aliphatic rings. The molecule has 0 aliphatic carbocycles. The second kappa shape index (κ2) is 8.15. The van der Waals surface area contributed by atoms with Crippen LogP contribution >= 0.6 is 11.3 Å². The molecule has 0 bridgehead atoms. The molecule has 2 aromatic carbocycles. The predicted molar refractivity (Wildman–Crippen MR) is 104 cm³/mol. The van der Waals surface area contributed by atoms with Crippen molar-refractivity contribution in [2.24, 2.45) is 0 Å². The van der Waals surface area contributed by atoms with Gasteiger partial charge in [-0.1, -0.05) is 47.7 Å². The highest BCUT2D eigenvalue weighted by Gasteiger charge is 2.08. The van der Waals surface area contributed by atoms with Crippen LogP contribution in [-0.4, -0.2) is 16.1 Å². The number of benzene rings is 2. The first-order chi connectivity index (χ1) is 12.5. The summed E-state index contributed by atoms with van der Waals surface area (Å²) in [6.07, 6.45) is 2.29. The second-order valence-electron chi connectivity index (χ2n) is 6.24. The minimum atomic E-state index is -0.802. The van der Waals surface area contributed by atoms with Gasteiger partial charge < -0.3 is 9.84 Å². The number of carboxylic acids is 1. The number of carbonyl (C=O) groups is 1. The van der Waals surface area contributed by atoms with E-state index in [4.69, 9.17) is 9.84 Å². The fraction of sp³-hybridized carbons (Fsp3) is 0.238. The Morgan fingerprint density at radius 3 is 2.62 bits per heavy atom. The van der Waals surface area contributed by atoms with Crippen molar-refractivity contribution >= 4 is 17.3 Å². The topological polar surface area (TPSA) is 59.4 Å². The molecule has 0 atom stereocenters. The van der Waals surface area contributed by atoms with Crippen LogP contribution in [0.5, 0.6) is 5.19 Å². The molecule has 0 fully saturated rings. The lowest BCUT2D eigenvalue weighted by Gasteiger charge is -2.11. The standard InChI is InChI=1S/C21H21NO3S/c1-14-5-3-6-15(2)20(14)17-8-4-7-16(11-17)13-25-21-22-12-18(26-21)9-10-19(23)24/h3-8,11-12H,9-10,13H2,1-2H3,(H,23,24). The summed E-state index contributed by atoms with van der Waals surface area (Å²) in [5.41, 5.74) is 6.03. The zero-order chi connectivity index (χ0) is 18.5. The Hall–Kier alpha value is -2.66. The highest BCUT2D eigenvalue weighted by atomic mass is 32.1. The fourth-order valence-corrected chi connectivity index (χ4v) is 3.69. The van der Waals surface area contributed by atoms with Crippen molar-refractivity contribution in [3.05, 3.63) is 70.2 Å². The number of hydrogen-bond acceptors (Lipinski definition) is 4. The quantitative estimate of drug-likeness (QED) is 0.637. The smallest absolute Gasteiger partial charge is 0.303 e. The van der Waals surface area contributed by atoms with Gasteiger partial charge in [0.1, 0.15) is 6.61 Å². The summed E-state index contributed by atoms with van der Waals surface area (Å²) >= 11 is 1.40. The van der Waals surface area contributed by atoms with E-state index in [2.05, 4.69) is 49.2 Å². The lowest BCUT2D eigenvalue weighted by Crippen LogP contribution is -1.96. The average Bonchev–Trinajstić information content (AvgIpc) is 3.06. The third-order valence-corrected chi connectivity index (χ3v) is 5.15. The Kier molecular flexibility index (Phi) is 5.68. The van der Waals surface area contributed by atoms with Crippen LogP contribution in [0.25, 0.3) is 11.1 Å². The molecular formula is C21H21NO3S. The highest BCUT2D eigenvalue weighted by molar-refractivity contribution is 7.13. The van der Waals surface area contributed by atoms with Crippen molar-refractivity contribution in [3.63, 3.8) is 0 Å². The lowest BCUT2D eigenvalue weighted by molar-refractivity contribution is -0.136. The maximum Gasteiger partial charge on any atom is 0.303 e. The molecule has 0 radical (unpaired) electrons.